The highest BCUT2D eigenvalue weighted by atomic mass is 35.5. The van der Waals surface area contributed by atoms with Crippen molar-refractivity contribution >= 4 is 12.4 Å². The average Bonchev–Trinajstić information content (AvgIpc) is 2.18. The van der Waals surface area contributed by atoms with Gasteiger partial charge in [-0.1, -0.05) is 18.2 Å². The monoisotopic (exact) mass is 241 g/mol. The molecule has 2 nitrogen and oxygen atoms in total. The third-order valence-electron chi connectivity index (χ3n) is 2.10. The summed E-state index contributed by atoms with van der Waals surface area (Å²) in [7, 11) is 0. The number of hydrogen-bond acceptors (Lipinski definition) is 2. The molecule has 0 fully saturated rings. The van der Waals surface area contributed by atoms with E-state index in [1.54, 1.807) is 0 Å². The highest BCUT2D eigenvalue weighted by Crippen LogP contribution is 2.19. The molecule has 0 unspecified atom stereocenters. The van der Waals surface area contributed by atoms with Crippen molar-refractivity contribution in [1.82, 2.24) is 0 Å². The summed E-state index contributed by atoms with van der Waals surface area (Å²) in [6.07, 6.45) is 2.84. The van der Waals surface area contributed by atoms with E-state index in [4.69, 9.17) is 10.5 Å². The van der Waals surface area contributed by atoms with Gasteiger partial charge in [-0.2, -0.15) is 0 Å². The Morgan fingerprint density at radius 2 is 1.88 bits per heavy atom. The van der Waals surface area contributed by atoms with E-state index in [0.717, 1.165) is 17.7 Å². The van der Waals surface area contributed by atoms with Gasteiger partial charge >= 0.3 is 0 Å². The van der Waals surface area contributed by atoms with Gasteiger partial charge < -0.3 is 10.5 Å². The average molecular weight is 242 g/mol. The number of hydrogen-bond donors (Lipinski definition) is 1. The van der Waals surface area contributed by atoms with Crippen molar-refractivity contribution in [1.29, 1.82) is 0 Å². The molecule has 0 heterocycles. The number of halogens is 1. The van der Waals surface area contributed by atoms with E-state index < -0.39 is 0 Å². The fourth-order valence-electron chi connectivity index (χ4n) is 1.38. The fraction of sp³-hybridized carbons (Fsp3) is 0.385. The maximum atomic E-state index is 5.94. The molecule has 0 aliphatic carbocycles. The van der Waals surface area contributed by atoms with Crippen molar-refractivity contribution in [3.8, 4) is 5.75 Å². The molecule has 0 aliphatic rings. The zero-order valence-electron chi connectivity index (χ0n) is 9.85. The van der Waals surface area contributed by atoms with Gasteiger partial charge in [0.1, 0.15) is 5.75 Å². The van der Waals surface area contributed by atoms with Crippen LogP contribution in [-0.2, 0) is 0 Å². The first-order valence-electron chi connectivity index (χ1n) is 5.26. The number of nitrogens with two attached hydrogens (primary N) is 1. The Hall–Kier alpha value is -0.990. The van der Waals surface area contributed by atoms with E-state index in [1.807, 2.05) is 44.2 Å². The van der Waals surface area contributed by atoms with Gasteiger partial charge in [-0.05, 0) is 38.0 Å². The maximum absolute atomic E-state index is 5.94. The lowest BCUT2D eigenvalue weighted by atomic mass is 10.0. The van der Waals surface area contributed by atoms with Crippen LogP contribution in [0.3, 0.4) is 0 Å². The molecule has 0 saturated carbocycles. The van der Waals surface area contributed by atoms with Crippen molar-refractivity contribution < 1.29 is 4.74 Å². The molecule has 1 aromatic rings. The Bertz CT molecular complexity index is 308. The Balaban J connectivity index is 0.00000225. The predicted octanol–water partition coefficient (Wildman–Crippen LogP) is 3.47. The quantitative estimate of drug-likeness (QED) is 0.802. The van der Waals surface area contributed by atoms with E-state index in [1.165, 1.54) is 0 Å². The topological polar surface area (TPSA) is 35.2 Å². The lowest BCUT2D eigenvalue weighted by Crippen LogP contribution is -2.09. The highest BCUT2D eigenvalue weighted by molar-refractivity contribution is 5.85. The van der Waals surface area contributed by atoms with Gasteiger partial charge in [0.2, 0.25) is 0 Å². The van der Waals surface area contributed by atoms with Gasteiger partial charge in [-0.25, -0.2) is 0 Å². The molecule has 3 heteroatoms. The fourth-order valence-corrected chi connectivity index (χ4v) is 1.38. The van der Waals surface area contributed by atoms with E-state index in [2.05, 4.69) is 6.58 Å². The normalized spacial score (nSPS) is 11.8. The van der Waals surface area contributed by atoms with E-state index in [9.17, 15) is 0 Å². The number of ether oxygens (including phenoxy) is 1. The van der Waals surface area contributed by atoms with Gasteiger partial charge in [0.15, 0.2) is 0 Å². The highest BCUT2D eigenvalue weighted by Gasteiger charge is 2.04. The minimum Gasteiger partial charge on any atom is -0.491 e. The minimum absolute atomic E-state index is 0. The number of rotatable bonds is 5. The SMILES string of the molecule is C=CC[C@@H](N)c1ccc(OC(C)C)cc1.Cl. The third-order valence-corrected chi connectivity index (χ3v) is 2.10. The van der Waals surface area contributed by atoms with Crippen LogP contribution in [0, 0.1) is 0 Å². The van der Waals surface area contributed by atoms with Crippen LogP contribution in [0.1, 0.15) is 31.9 Å². The summed E-state index contributed by atoms with van der Waals surface area (Å²) in [6, 6.07) is 7.96. The summed E-state index contributed by atoms with van der Waals surface area (Å²) in [4.78, 5) is 0. The largest absolute Gasteiger partial charge is 0.491 e. The summed E-state index contributed by atoms with van der Waals surface area (Å²) in [6.45, 7) is 7.70. The van der Waals surface area contributed by atoms with Crippen LogP contribution >= 0.6 is 12.4 Å². The summed E-state index contributed by atoms with van der Waals surface area (Å²) >= 11 is 0. The van der Waals surface area contributed by atoms with Crippen LogP contribution in [-0.4, -0.2) is 6.10 Å². The van der Waals surface area contributed by atoms with Gasteiger partial charge in [0.05, 0.1) is 6.10 Å². The van der Waals surface area contributed by atoms with Gasteiger partial charge in [0.25, 0.3) is 0 Å². The first kappa shape index (κ1) is 15.0. The van der Waals surface area contributed by atoms with Crippen LogP contribution in [0.15, 0.2) is 36.9 Å². The molecule has 0 radical (unpaired) electrons. The standard InChI is InChI=1S/C13H19NO.ClH/c1-4-5-13(14)11-6-8-12(9-7-11)15-10(2)3;/h4,6-10,13H,1,5,14H2,2-3H3;1H/t13-;/m1./s1. The summed E-state index contributed by atoms with van der Waals surface area (Å²) < 4.78 is 5.55. The van der Waals surface area contributed by atoms with E-state index >= 15 is 0 Å². The molecule has 0 aromatic heterocycles. The molecule has 90 valence electrons. The van der Waals surface area contributed by atoms with Crippen molar-refractivity contribution in [3.63, 3.8) is 0 Å². The summed E-state index contributed by atoms with van der Waals surface area (Å²) in [5, 5.41) is 0. The first-order valence-corrected chi connectivity index (χ1v) is 5.26. The van der Waals surface area contributed by atoms with Crippen molar-refractivity contribution in [2.75, 3.05) is 0 Å². The molecule has 0 saturated heterocycles. The second-order valence-corrected chi connectivity index (χ2v) is 3.87. The maximum Gasteiger partial charge on any atom is 0.119 e. The number of benzene rings is 1. The zero-order chi connectivity index (χ0) is 11.3. The molecule has 16 heavy (non-hydrogen) atoms. The molecule has 1 rings (SSSR count). The van der Waals surface area contributed by atoms with Crippen LogP contribution in [0.5, 0.6) is 5.75 Å². The molecule has 0 bridgehead atoms. The predicted molar refractivity (Wildman–Crippen MR) is 71.2 cm³/mol. The van der Waals surface area contributed by atoms with Crippen LogP contribution in [0.2, 0.25) is 0 Å². The Labute approximate surface area is 104 Å². The van der Waals surface area contributed by atoms with E-state index in [-0.39, 0.29) is 24.6 Å². The van der Waals surface area contributed by atoms with Gasteiger partial charge in [0, 0.05) is 6.04 Å². The summed E-state index contributed by atoms with van der Waals surface area (Å²) in [5.41, 5.74) is 7.06. The molecule has 0 spiro atoms. The molecule has 1 aromatic carbocycles. The van der Waals surface area contributed by atoms with Crippen molar-refractivity contribution in [2.24, 2.45) is 5.73 Å². The summed E-state index contributed by atoms with van der Waals surface area (Å²) in [5.74, 6) is 0.888. The van der Waals surface area contributed by atoms with Crippen LogP contribution < -0.4 is 10.5 Å². The molecular weight excluding hydrogens is 222 g/mol. The Morgan fingerprint density at radius 1 is 1.31 bits per heavy atom. The van der Waals surface area contributed by atoms with Crippen LogP contribution in [0.4, 0.5) is 0 Å². The van der Waals surface area contributed by atoms with Crippen molar-refractivity contribution in [2.45, 2.75) is 32.4 Å². The lowest BCUT2D eigenvalue weighted by Gasteiger charge is -2.12. The lowest BCUT2D eigenvalue weighted by molar-refractivity contribution is 0.242. The Morgan fingerprint density at radius 3 is 2.31 bits per heavy atom. The third kappa shape index (κ3) is 4.69. The first-order chi connectivity index (χ1) is 7.13. The second-order valence-electron chi connectivity index (χ2n) is 3.87. The minimum atomic E-state index is 0. The molecule has 1 atom stereocenters. The van der Waals surface area contributed by atoms with Gasteiger partial charge in [-0.3, -0.25) is 0 Å². The van der Waals surface area contributed by atoms with E-state index in [0.29, 0.717) is 0 Å². The Kier molecular flexibility index (Phi) is 6.86. The second kappa shape index (κ2) is 7.31. The van der Waals surface area contributed by atoms with Crippen molar-refractivity contribution in [3.05, 3.63) is 42.5 Å². The zero-order valence-corrected chi connectivity index (χ0v) is 10.7. The molecular formula is C13H20ClNO. The van der Waals surface area contributed by atoms with Crippen LogP contribution in [0.25, 0.3) is 0 Å². The molecule has 0 aliphatic heterocycles. The van der Waals surface area contributed by atoms with Gasteiger partial charge in [-0.15, -0.1) is 19.0 Å². The smallest absolute Gasteiger partial charge is 0.119 e. The molecule has 2 N–H and O–H groups in total. The molecule has 0 amide bonds.